The fraction of sp³-hybridized carbons (Fsp3) is 0.0526. The lowest BCUT2D eigenvalue weighted by molar-refractivity contribution is -0.111. The number of amides is 1. The lowest BCUT2D eigenvalue weighted by Gasteiger charge is -2.05. The van der Waals surface area contributed by atoms with Crippen LogP contribution < -0.4 is 5.32 Å². The number of benzene rings is 2. The van der Waals surface area contributed by atoms with E-state index in [0.29, 0.717) is 11.4 Å². The van der Waals surface area contributed by atoms with Gasteiger partial charge in [-0.25, -0.2) is 0 Å². The van der Waals surface area contributed by atoms with Crippen molar-refractivity contribution in [3.05, 3.63) is 64.3 Å². The molecule has 0 radical (unpaired) electrons. The summed E-state index contributed by atoms with van der Waals surface area (Å²) in [7, 11) is 0. The molecule has 4 N–H and O–H groups in total. The highest BCUT2D eigenvalue weighted by atomic mass is 79.9. The molecule has 2 aromatic carbocycles. The largest absolute Gasteiger partial charge is 0.504 e. The number of phenols is 2. The Kier molecular flexibility index (Phi) is 5.09. The average Bonchev–Trinajstić information content (AvgIpc) is 2.97. The lowest BCUT2D eigenvalue weighted by Crippen LogP contribution is -2.09. The first-order valence-electron chi connectivity index (χ1n) is 7.76. The van der Waals surface area contributed by atoms with E-state index in [4.69, 9.17) is 0 Å². The number of H-pyrrole nitrogens is 1. The molecular formula is C19H16BrN3O3. The molecule has 26 heavy (non-hydrogen) atoms. The van der Waals surface area contributed by atoms with E-state index < -0.39 is 0 Å². The molecule has 0 spiro atoms. The second-order valence-corrected chi connectivity index (χ2v) is 6.57. The van der Waals surface area contributed by atoms with Crippen molar-refractivity contribution in [3.8, 4) is 22.6 Å². The summed E-state index contributed by atoms with van der Waals surface area (Å²) in [5, 5.41) is 28.6. The van der Waals surface area contributed by atoms with E-state index in [1.54, 1.807) is 6.07 Å². The predicted octanol–water partition coefficient (Wildman–Crippen LogP) is 4.21. The van der Waals surface area contributed by atoms with E-state index in [2.05, 4.69) is 31.4 Å². The summed E-state index contributed by atoms with van der Waals surface area (Å²) in [6.07, 6.45) is 2.87. The van der Waals surface area contributed by atoms with Crippen molar-refractivity contribution < 1.29 is 15.0 Å². The summed E-state index contributed by atoms with van der Waals surface area (Å²) >= 11 is 3.40. The van der Waals surface area contributed by atoms with Gasteiger partial charge in [-0.1, -0.05) is 34.1 Å². The molecule has 0 saturated carbocycles. The quantitative estimate of drug-likeness (QED) is 0.380. The van der Waals surface area contributed by atoms with Gasteiger partial charge in [-0.2, -0.15) is 5.10 Å². The smallest absolute Gasteiger partial charge is 0.249 e. The Bertz CT molecular complexity index is 978. The molecule has 1 heterocycles. The van der Waals surface area contributed by atoms with Gasteiger partial charge in [0.2, 0.25) is 5.91 Å². The normalized spacial score (nSPS) is 11.0. The minimum absolute atomic E-state index is 0.210. The van der Waals surface area contributed by atoms with E-state index in [9.17, 15) is 15.0 Å². The van der Waals surface area contributed by atoms with Crippen LogP contribution >= 0.6 is 15.9 Å². The number of anilines is 1. The summed E-state index contributed by atoms with van der Waals surface area (Å²) in [5.41, 5.74) is 3.18. The minimum atomic E-state index is -0.359. The van der Waals surface area contributed by atoms with Crippen molar-refractivity contribution >= 4 is 33.7 Å². The molecule has 0 bridgehead atoms. The molecule has 0 fully saturated rings. The van der Waals surface area contributed by atoms with Crippen LogP contribution in [0.25, 0.3) is 17.2 Å². The number of aryl methyl sites for hydroxylation is 1. The fourth-order valence-corrected chi connectivity index (χ4v) is 2.73. The molecule has 0 aliphatic heterocycles. The van der Waals surface area contributed by atoms with Gasteiger partial charge >= 0.3 is 0 Å². The zero-order chi connectivity index (χ0) is 18.7. The maximum absolute atomic E-state index is 12.2. The molecule has 3 aromatic rings. The van der Waals surface area contributed by atoms with E-state index >= 15 is 0 Å². The van der Waals surface area contributed by atoms with Crippen molar-refractivity contribution in [2.24, 2.45) is 0 Å². The molecule has 6 nitrogen and oxygen atoms in total. The Hall–Kier alpha value is -3.06. The van der Waals surface area contributed by atoms with Crippen LogP contribution in [0.2, 0.25) is 0 Å². The molecule has 132 valence electrons. The van der Waals surface area contributed by atoms with Gasteiger partial charge in [0, 0.05) is 21.8 Å². The molecule has 1 amide bonds. The van der Waals surface area contributed by atoms with Crippen LogP contribution in [0.5, 0.6) is 11.5 Å². The Morgan fingerprint density at radius 3 is 2.58 bits per heavy atom. The van der Waals surface area contributed by atoms with Crippen molar-refractivity contribution in [1.29, 1.82) is 0 Å². The molecule has 0 saturated heterocycles. The summed E-state index contributed by atoms with van der Waals surface area (Å²) in [6, 6.07) is 12.0. The number of hydrogen-bond donors (Lipinski definition) is 4. The highest BCUT2D eigenvalue weighted by Crippen LogP contribution is 2.30. The zero-order valence-electron chi connectivity index (χ0n) is 13.8. The second kappa shape index (κ2) is 7.45. The third-order valence-corrected chi connectivity index (χ3v) is 4.28. The summed E-state index contributed by atoms with van der Waals surface area (Å²) in [6.45, 7) is 1.88. The third kappa shape index (κ3) is 3.94. The molecular weight excluding hydrogens is 398 g/mol. The Labute approximate surface area is 158 Å². The van der Waals surface area contributed by atoms with Crippen LogP contribution in [-0.4, -0.2) is 26.3 Å². The number of halogens is 1. The molecule has 1 aromatic heterocycles. The van der Waals surface area contributed by atoms with Gasteiger partial charge in [-0.05, 0) is 48.4 Å². The standard InChI is InChI=1S/C19H16BrN3O3/c1-11-18(13-4-6-14(20)7-5-13)19(23-22-11)21-17(26)9-3-12-2-8-15(24)16(25)10-12/h2-10,24-25H,1H3,(H2,21,22,23,26)/b9-3+. The van der Waals surface area contributed by atoms with Gasteiger partial charge in [-0.3, -0.25) is 9.89 Å². The number of nitrogens with one attached hydrogen (secondary N) is 2. The molecule has 3 rings (SSSR count). The number of aromatic hydroxyl groups is 2. The molecule has 0 unspecified atom stereocenters. The van der Waals surface area contributed by atoms with Gasteiger partial charge < -0.3 is 15.5 Å². The van der Waals surface area contributed by atoms with E-state index in [0.717, 1.165) is 21.3 Å². The van der Waals surface area contributed by atoms with Crippen LogP contribution in [0, 0.1) is 6.92 Å². The van der Waals surface area contributed by atoms with Crippen LogP contribution in [0.4, 0.5) is 5.82 Å². The first-order chi connectivity index (χ1) is 12.4. The predicted molar refractivity (Wildman–Crippen MR) is 104 cm³/mol. The molecule has 7 heteroatoms. The second-order valence-electron chi connectivity index (χ2n) is 5.65. The average molecular weight is 414 g/mol. The number of phenolic OH excluding ortho intramolecular Hbond substituents is 2. The highest BCUT2D eigenvalue weighted by Gasteiger charge is 2.14. The maximum atomic E-state index is 12.2. The number of aromatic amines is 1. The fourth-order valence-electron chi connectivity index (χ4n) is 2.46. The number of rotatable bonds is 4. The number of carbonyl (C=O) groups excluding carboxylic acids is 1. The number of aromatic nitrogens is 2. The lowest BCUT2D eigenvalue weighted by atomic mass is 10.1. The van der Waals surface area contributed by atoms with Crippen molar-refractivity contribution in [3.63, 3.8) is 0 Å². The van der Waals surface area contributed by atoms with Gasteiger partial charge in [-0.15, -0.1) is 0 Å². The SMILES string of the molecule is Cc1[nH]nc(NC(=O)/C=C/c2ccc(O)c(O)c2)c1-c1ccc(Br)cc1. The van der Waals surface area contributed by atoms with Crippen LogP contribution in [-0.2, 0) is 4.79 Å². The number of hydrogen-bond acceptors (Lipinski definition) is 4. The van der Waals surface area contributed by atoms with Crippen molar-refractivity contribution in [1.82, 2.24) is 10.2 Å². The molecule has 0 aliphatic carbocycles. The van der Waals surface area contributed by atoms with Crippen molar-refractivity contribution in [2.75, 3.05) is 5.32 Å². The monoisotopic (exact) mass is 413 g/mol. The summed E-state index contributed by atoms with van der Waals surface area (Å²) in [4.78, 5) is 12.2. The van der Waals surface area contributed by atoms with Crippen LogP contribution in [0.3, 0.4) is 0 Å². The topological polar surface area (TPSA) is 98.2 Å². The van der Waals surface area contributed by atoms with Gasteiger partial charge in [0.05, 0.1) is 0 Å². The summed E-state index contributed by atoms with van der Waals surface area (Å²) < 4.78 is 0.966. The Morgan fingerprint density at radius 2 is 1.88 bits per heavy atom. The van der Waals surface area contributed by atoms with Gasteiger partial charge in [0.25, 0.3) is 0 Å². The first-order valence-corrected chi connectivity index (χ1v) is 8.55. The van der Waals surface area contributed by atoms with E-state index in [-0.39, 0.29) is 17.4 Å². The highest BCUT2D eigenvalue weighted by molar-refractivity contribution is 9.10. The Balaban J connectivity index is 1.78. The maximum Gasteiger partial charge on any atom is 0.249 e. The van der Waals surface area contributed by atoms with E-state index in [1.165, 1.54) is 24.3 Å². The van der Waals surface area contributed by atoms with E-state index in [1.807, 2.05) is 31.2 Å². The first kappa shape index (κ1) is 17.8. The molecule has 0 aliphatic rings. The van der Waals surface area contributed by atoms with Gasteiger partial charge in [0.15, 0.2) is 17.3 Å². The minimum Gasteiger partial charge on any atom is -0.504 e. The van der Waals surface area contributed by atoms with Crippen molar-refractivity contribution in [2.45, 2.75) is 6.92 Å². The third-order valence-electron chi connectivity index (χ3n) is 3.75. The number of nitrogens with zero attached hydrogens (tertiary/aromatic N) is 1. The van der Waals surface area contributed by atoms with Crippen LogP contribution in [0.1, 0.15) is 11.3 Å². The number of carbonyl (C=O) groups is 1. The summed E-state index contributed by atoms with van der Waals surface area (Å²) in [5.74, 6) is -0.374. The zero-order valence-corrected chi connectivity index (χ0v) is 15.4. The molecule has 0 atom stereocenters. The Morgan fingerprint density at radius 1 is 1.15 bits per heavy atom. The van der Waals surface area contributed by atoms with Crippen LogP contribution in [0.15, 0.2) is 53.0 Å². The van der Waals surface area contributed by atoms with Gasteiger partial charge in [0.1, 0.15) is 0 Å².